The van der Waals surface area contributed by atoms with E-state index in [2.05, 4.69) is 36.6 Å². The third kappa shape index (κ3) is 5.05. The van der Waals surface area contributed by atoms with Crippen molar-refractivity contribution in [1.82, 2.24) is 0 Å². The van der Waals surface area contributed by atoms with Crippen molar-refractivity contribution < 1.29 is 32.2 Å². The van der Waals surface area contributed by atoms with E-state index in [9.17, 15) is 22.8 Å². The fourth-order valence-corrected chi connectivity index (χ4v) is 2.48. The number of hydrogen-bond donors (Lipinski definition) is 0. The number of alkyl halides is 3. The minimum atomic E-state index is -4.64. The molecule has 0 atom stereocenters. The van der Waals surface area contributed by atoms with Crippen molar-refractivity contribution in [3.05, 3.63) is 56.5 Å². The molecule has 0 aliphatic carbocycles. The van der Waals surface area contributed by atoms with Crippen LogP contribution in [0.5, 0.6) is 11.5 Å². The Balaban J connectivity index is 2.11. The van der Waals surface area contributed by atoms with E-state index >= 15 is 0 Å². The Hall–Kier alpha value is -1.87. The summed E-state index contributed by atoms with van der Waals surface area (Å²) in [6, 6.07) is 7.37. The molecule has 25 heavy (non-hydrogen) atoms. The predicted molar refractivity (Wildman–Crippen MR) is 89.3 cm³/mol. The molecule has 0 radical (unpaired) electrons. The molecule has 0 saturated heterocycles. The molecule has 0 aliphatic rings. The van der Waals surface area contributed by atoms with Crippen LogP contribution in [-0.2, 0) is 15.8 Å². The maximum Gasteiger partial charge on any atom is 0.423 e. The number of benzene rings is 2. The molecule has 0 saturated carbocycles. The summed E-state index contributed by atoms with van der Waals surface area (Å²) >= 11 is 6.03. The largest absolute Gasteiger partial charge is 0.423 e. The third-order valence-corrected chi connectivity index (χ3v) is 4.54. The number of hydrogen-bond acceptors (Lipinski definition) is 4. The van der Waals surface area contributed by atoms with E-state index in [4.69, 9.17) is 4.74 Å². The van der Waals surface area contributed by atoms with Gasteiger partial charge in [0.2, 0.25) is 0 Å². The number of esters is 2. The lowest BCUT2D eigenvalue weighted by Gasteiger charge is -2.11. The van der Waals surface area contributed by atoms with Gasteiger partial charge >= 0.3 is 18.1 Å². The second-order valence-electron chi connectivity index (χ2n) is 4.83. The number of ether oxygens (including phenoxy) is 2. The number of carbonyl (C=O) groups is 2. The summed E-state index contributed by atoms with van der Waals surface area (Å²) in [5.41, 5.74) is -0.268. The zero-order chi connectivity index (χ0) is 18.8. The van der Waals surface area contributed by atoms with Gasteiger partial charge in [-0.2, -0.15) is 13.2 Å². The second kappa shape index (κ2) is 7.57. The molecular weight excluding hydrogens is 473 g/mol. The van der Waals surface area contributed by atoms with Gasteiger partial charge < -0.3 is 9.47 Å². The van der Waals surface area contributed by atoms with Gasteiger partial charge in [-0.3, -0.25) is 0 Å². The molecule has 0 fully saturated rings. The smallest absolute Gasteiger partial charge is 0.418 e. The van der Waals surface area contributed by atoms with Crippen molar-refractivity contribution >= 4 is 43.8 Å². The SMILES string of the molecule is Cc1cc(OC(=O)C(=O)Oc2ccc(Br)c(C(F)(F)F)c2)ccc1Br. The van der Waals surface area contributed by atoms with Crippen LogP contribution in [0.2, 0.25) is 0 Å². The number of rotatable bonds is 2. The van der Waals surface area contributed by atoms with E-state index in [-0.39, 0.29) is 10.2 Å². The van der Waals surface area contributed by atoms with Gasteiger partial charge in [0.25, 0.3) is 0 Å². The average Bonchev–Trinajstić information content (AvgIpc) is 2.51. The topological polar surface area (TPSA) is 52.6 Å². The summed E-state index contributed by atoms with van der Waals surface area (Å²) < 4.78 is 48.5. The molecule has 2 aromatic rings. The Morgan fingerprint density at radius 2 is 1.36 bits per heavy atom. The highest BCUT2D eigenvalue weighted by molar-refractivity contribution is 9.10. The molecule has 132 valence electrons. The van der Waals surface area contributed by atoms with E-state index in [0.717, 1.165) is 22.2 Å². The monoisotopic (exact) mass is 480 g/mol. The van der Waals surface area contributed by atoms with Crippen molar-refractivity contribution in [1.29, 1.82) is 0 Å². The Kier molecular flexibility index (Phi) is 5.89. The fourth-order valence-electron chi connectivity index (χ4n) is 1.76. The predicted octanol–water partition coefficient (Wildman–Crippen LogP) is 5.05. The molecule has 0 bridgehead atoms. The van der Waals surface area contributed by atoms with Gasteiger partial charge in [0.1, 0.15) is 11.5 Å². The number of halogens is 5. The first-order chi connectivity index (χ1) is 11.6. The Bertz CT molecular complexity index is 835. The van der Waals surface area contributed by atoms with Crippen LogP contribution in [-0.4, -0.2) is 11.9 Å². The minimum absolute atomic E-state index is 0.106. The van der Waals surface area contributed by atoms with Gasteiger partial charge in [0, 0.05) is 8.95 Å². The average molecular weight is 482 g/mol. The van der Waals surface area contributed by atoms with Gasteiger partial charge in [0.05, 0.1) is 5.56 Å². The summed E-state index contributed by atoms with van der Waals surface area (Å²) in [7, 11) is 0. The maximum atomic E-state index is 12.8. The van der Waals surface area contributed by atoms with E-state index in [1.807, 2.05) is 0 Å². The Morgan fingerprint density at radius 3 is 1.84 bits per heavy atom. The Morgan fingerprint density at radius 1 is 0.880 bits per heavy atom. The second-order valence-corrected chi connectivity index (χ2v) is 6.54. The highest BCUT2D eigenvalue weighted by atomic mass is 79.9. The van der Waals surface area contributed by atoms with Crippen molar-refractivity contribution in [3.63, 3.8) is 0 Å². The quantitative estimate of drug-likeness (QED) is 0.342. The summed E-state index contributed by atoms with van der Waals surface area (Å²) in [5.74, 6) is -3.10. The van der Waals surface area contributed by atoms with Crippen LogP contribution < -0.4 is 9.47 Å². The molecule has 0 N–H and O–H groups in total. The zero-order valence-electron chi connectivity index (χ0n) is 12.5. The number of carbonyl (C=O) groups excluding carboxylic acids is 2. The normalized spacial score (nSPS) is 11.1. The lowest BCUT2D eigenvalue weighted by molar-refractivity contribution is -0.156. The van der Waals surface area contributed by atoms with E-state index < -0.39 is 29.4 Å². The van der Waals surface area contributed by atoms with E-state index in [1.165, 1.54) is 12.1 Å². The van der Waals surface area contributed by atoms with Crippen LogP contribution in [0.1, 0.15) is 11.1 Å². The first-order valence-corrected chi connectivity index (χ1v) is 8.23. The summed E-state index contributed by atoms with van der Waals surface area (Å²) in [6.07, 6.45) is -4.64. The standard InChI is InChI=1S/C16H9Br2F3O4/c1-8-6-9(2-4-12(8)17)24-14(22)15(23)25-10-3-5-13(18)11(7-10)16(19,20)21/h2-7H,1H3. The molecule has 0 aromatic heterocycles. The fraction of sp³-hybridized carbons (Fsp3) is 0.125. The zero-order valence-corrected chi connectivity index (χ0v) is 15.7. The summed E-state index contributed by atoms with van der Waals surface area (Å²) in [6.45, 7) is 1.75. The van der Waals surface area contributed by atoms with Gasteiger partial charge in [-0.15, -0.1) is 0 Å². The van der Waals surface area contributed by atoms with Crippen molar-refractivity contribution in [2.75, 3.05) is 0 Å². The first-order valence-electron chi connectivity index (χ1n) is 6.65. The minimum Gasteiger partial charge on any atom is -0.418 e. The molecular formula is C16H9Br2F3O4. The van der Waals surface area contributed by atoms with Crippen LogP contribution in [0.15, 0.2) is 45.3 Å². The van der Waals surface area contributed by atoms with E-state index in [1.54, 1.807) is 13.0 Å². The van der Waals surface area contributed by atoms with Crippen molar-refractivity contribution in [2.24, 2.45) is 0 Å². The van der Waals surface area contributed by atoms with Crippen LogP contribution in [0.4, 0.5) is 13.2 Å². The van der Waals surface area contributed by atoms with Crippen molar-refractivity contribution in [3.8, 4) is 11.5 Å². The molecule has 0 heterocycles. The molecule has 9 heteroatoms. The first kappa shape index (κ1) is 19.5. The molecule has 0 aliphatic heterocycles. The highest BCUT2D eigenvalue weighted by Gasteiger charge is 2.33. The molecule has 2 aromatic carbocycles. The lowest BCUT2D eigenvalue weighted by Crippen LogP contribution is -2.25. The summed E-state index contributed by atoms with van der Waals surface area (Å²) in [5, 5.41) is 0. The van der Waals surface area contributed by atoms with Gasteiger partial charge in [-0.05, 0) is 48.9 Å². The van der Waals surface area contributed by atoms with Gasteiger partial charge in [0.15, 0.2) is 0 Å². The molecule has 4 nitrogen and oxygen atoms in total. The summed E-state index contributed by atoms with van der Waals surface area (Å²) in [4.78, 5) is 23.4. The van der Waals surface area contributed by atoms with Crippen LogP contribution in [0.3, 0.4) is 0 Å². The maximum absolute atomic E-state index is 12.8. The van der Waals surface area contributed by atoms with Gasteiger partial charge in [-0.25, -0.2) is 9.59 Å². The van der Waals surface area contributed by atoms with Crippen molar-refractivity contribution in [2.45, 2.75) is 13.1 Å². The Labute approximate surface area is 157 Å². The van der Waals surface area contributed by atoms with Gasteiger partial charge in [-0.1, -0.05) is 31.9 Å². The lowest BCUT2D eigenvalue weighted by atomic mass is 10.2. The van der Waals surface area contributed by atoms with Crippen LogP contribution in [0, 0.1) is 6.92 Å². The molecule has 0 amide bonds. The highest BCUT2D eigenvalue weighted by Crippen LogP contribution is 2.36. The number of aryl methyl sites for hydroxylation is 1. The van der Waals surface area contributed by atoms with Crippen LogP contribution >= 0.6 is 31.9 Å². The molecule has 0 spiro atoms. The molecule has 0 unspecified atom stereocenters. The van der Waals surface area contributed by atoms with E-state index in [0.29, 0.717) is 6.07 Å². The molecule has 2 rings (SSSR count). The third-order valence-electron chi connectivity index (χ3n) is 2.96. The van der Waals surface area contributed by atoms with Crippen LogP contribution in [0.25, 0.3) is 0 Å².